The van der Waals surface area contributed by atoms with Crippen molar-refractivity contribution in [3.63, 3.8) is 0 Å². The molecule has 0 aliphatic carbocycles. The van der Waals surface area contributed by atoms with Crippen LogP contribution >= 0.6 is 0 Å². The van der Waals surface area contributed by atoms with Crippen molar-refractivity contribution in [2.75, 3.05) is 32.7 Å². The minimum absolute atomic E-state index is 0.531. The molecule has 2 fully saturated rings. The molecular formula is C10H20N2. The second-order valence-corrected chi connectivity index (χ2v) is 5.03. The molecule has 0 unspecified atom stereocenters. The molecule has 70 valence electrons. The van der Waals surface area contributed by atoms with Gasteiger partial charge in [0.15, 0.2) is 0 Å². The van der Waals surface area contributed by atoms with Crippen molar-refractivity contribution in [3.8, 4) is 0 Å². The molecule has 0 aromatic rings. The molecule has 12 heavy (non-hydrogen) atoms. The fraction of sp³-hybridized carbons (Fsp3) is 1.00. The van der Waals surface area contributed by atoms with Crippen LogP contribution in [-0.4, -0.2) is 37.6 Å². The van der Waals surface area contributed by atoms with Crippen molar-refractivity contribution >= 4 is 0 Å². The summed E-state index contributed by atoms with van der Waals surface area (Å²) in [4.78, 5) is 2.58. The molecule has 2 aliphatic rings. The summed E-state index contributed by atoms with van der Waals surface area (Å²) in [5.74, 6) is 0. The Morgan fingerprint density at radius 2 is 1.67 bits per heavy atom. The predicted molar refractivity (Wildman–Crippen MR) is 51.2 cm³/mol. The van der Waals surface area contributed by atoms with Crippen LogP contribution < -0.4 is 5.32 Å². The van der Waals surface area contributed by atoms with Crippen molar-refractivity contribution in [3.05, 3.63) is 0 Å². The van der Waals surface area contributed by atoms with Gasteiger partial charge in [-0.25, -0.2) is 0 Å². The number of hydrogen-bond acceptors (Lipinski definition) is 2. The smallest absolute Gasteiger partial charge is 0.00538 e. The van der Waals surface area contributed by atoms with Gasteiger partial charge >= 0.3 is 0 Å². The van der Waals surface area contributed by atoms with Gasteiger partial charge in [-0.1, -0.05) is 20.8 Å². The molecule has 2 heteroatoms. The van der Waals surface area contributed by atoms with Gasteiger partial charge in [-0.3, -0.25) is 0 Å². The van der Waals surface area contributed by atoms with Gasteiger partial charge in [-0.2, -0.15) is 0 Å². The fourth-order valence-corrected chi connectivity index (χ4v) is 2.80. The quantitative estimate of drug-likeness (QED) is 0.627. The van der Waals surface area contributed by atoms with Crippen LogP contribution in [0.15, 0.2) is 0 Å². The van der Waals surface area contributed by atoms with E-state index in [1.54, 1.807) is 0 Å². The average molecular weight is 168 g/mol. The Balaban J connectivity index is 2.19. The Hall–Kier alpha value is -0.0800. The summed E-state index contributed by atoms with van der Waals surface area (Å²) in [7, 11) is 0. The van der Waals surface area contributed by atoms with E-state index in [1.807, 2.05) is 0 Å². The molecule has 2 heterocycles. The van der Waals surface area contributed by atoms with Gasteiger partial charge in [0.25, 0.3) is 0 Å². The first-order valence-electron chi connectivity index (χ1n) is 5.03. The minimum Gasteiger partial charge on any atom is -0.316 e. The van der Waals surface area contributed by atoms with Crippen molar-refractivity contribution in [1.29, 1.82) is 0 Å². The van der Waals surface area contributed by atoms with Crippen LogP contribution in [0.3, 0.4) is 0 Å². The van der Waals surface area contributed by atoms with Crippen molar-refractivity contribution in [2.24, 2.45) is 10.8 Å². The topological polar surface area (TPSA) is 15.3 Å². The lowest BCUT2D eigenvalue weighted by Gasteiger charge is -2.31. The summed E-state index contributed by atoms with van der Waals surface area (Å²) in [6, 6.07) is 0. The van der Waals surface area contributed by atoms with Crippen molar-refractivity contribution in [1.82, 2.24) is 10.2 Å². The molecule has 0 spiro atoms. The molecule has 0 radical (unpaired) electrons. The van der Waals surface area contributed by atoms with Crippen LogP contribution in [0.25, 0.3) is 0 Å². The van der Waals surface area contributed by atoms with Gasteiger partial charge in [0.05, 0.1) is 0 Å². The van der Waals surface area contributed by atoms with Crippen molar-refractivity contribution in [2.45, 2.75) is 20.8 Å². The largest absolute Gasteiger partial charge is 0.316 e. The first-order chi connectivity index (χ1) is 5.60. The molecule has 0 aromatic carbocycles. The van der Waals surface area contributed by atoms with Gasteiger partial charge in [0.2, 0.25) is 0 Å². The lowest BCUT2D eigenvalue weighted by Crippen LogP contribution is -2.34. The third-order valence-corrected chi connectivity index (χ3v) is 4.08. The highest BCUT2D eigenvalue weighted by Gasteiger charge is 2.54. The predicted octanol–water partition coefficient (Wildman–Crippen LogP) is 0.938. The number of fused-ring (bicyclic) bond motifs is 1. The van der Waals surface area contributed by atoms with Gasteiger partial charge in [0.1, 0.15) is 0 Å². The minimum atomic E-state index is 0.531. The van der Waals surface area contributed by atoms with Crippen LogP contribution in [-0.2, 0) is 0 Å². The van der Waals surface area contributed by atoms with Gasteiger partial charge < -0.3 is 10.2 Å². The van der Waals surface area contributed by atoms with E-state index < -0.39 is 0 Å². The second-order valence-electron chi connectivity index (χ2n) is 5.03. The second kappa shape index (κ2) is 2.46. The Bertz CT molecular complexity index is 174. The SMILES string of the molecule is CCN1C[C@@]2(C)CNC[C@]2(C)C1. The molecule has 0 saturated carbocycles. The first-order valence-corrected chi connectivity index (χ1v) is 5.03. The van der Waals surface area contributed by atoms with E-state index in [0.29, 0.717) is 10.8 Å². The number of rotatable bonds is 1. The highest BCUT2D eigenvalue weighted by molar-refractivity contribution is 5.08. The van der Waals surface area contributed by atoms with Gasteiger partial charge in [-0.05, 0) is 6.54 Å². The zero-order chi connectivity index (χ0) is 8.82. The molecule has 2 nitrogen and oxygen atoms in total. The molecule has 2 atom stereocenters. The van der Waals surface area contributed by atoms with E-state index in [-0.39, 0.29) is 0 Å². The summed E-state index contributed by atoms with van der Waals surface area (Å²) in [5, 5.41) is 3.52. The molecule has 2 saturated heterocycles. The Kier molecular flexibility index (Phi) is 1.74. The third kappa shape index (κ3) is 0.944. The number of nitrogens with zero attached hydrogens (tertiary/aromatic N) is 1. The third-order valence-electron chi connectivity index (χ3n) is 4.08. The number of likely N-dealkylation sites (tertiary alicyclic amines) is 1. The van der Waals surface area contributed by atoms with Crippen LogP contribution in [0.5, 0.6) is 0 Å². The maximum absolute atomic E-state index is 3.52. The van der Waals surface area contributed by atoms with E-state index in [2.05, 4.69) is 31.0 Å². The van der Waals surface area contributed by atoms with E-state index >= 15 is 0 Å². The van der Waals surface area contributed by atoms with Crippen molar-refractivity contribution < 1.29 is 0 Å². The molecule has 0 aromatic heterocycles. The fourth-order valence-electron chi connectivity index (χ4n) is 2.80. The average Bonchev–Trinajstić information content (AvgIpc) is 2.38. The maximum Gasteiger partial charge on any atom is 0.00538 e. The van der Waals surface area contributed by atoms with Crippen LogP contribution in [0, 0.1) is 10.8 Å². The van der Waals surface area contributed by atoms with Gasteiger partial charge in [0, 0.05) is 37.0 Å². The highest BCUT2D eigenvalue weighted by Crippen LogP contribution is 2.48. The van der Waals surface area contributed by atoms with Gasteiger partial charge in [-0.15, -0.1) is 0 Å². The lowest BCUT2D eigenvalue weighted by molar-refractivity contribution is 0.212. The standard InChI is InChI=1S/C10H20N2/c1-4-12-7-9(2)5-11-6-10(9,3)8-12/h11H,4-8H2,1-3H3/t9-,10-/m1/s1. The van der Waals surface area contributed by atoms with E-state index in [9.17, 15) is 0 Å². The van der Waals surface area contributed by atoms with E-state index in [1.165, 1.54) is 32.7 Å². The monoisotopic (exact) mass is 168 g/mol. The number of nitrogens with one attached hydrogen (secondary N) is 1. The Labute approximate surface area is 75.3 Å². The molecule has 1 N–H and O–H groups in total. The van der Waals surface area contributed by atoms with Crippen LogP contribution in [0.1, 0.15) is 20.8 Å². The Morgan fingerprint density at radius 1 is 1.17 bits per heavy atom. The molecule has 0 bridgehead atoms. The summed E-state index contributed by atoms with van der Waals surface area (Å²) < 4.78 is 0. The number of hydrogen-bond donors (Lipinski definition) is 1. The first kappa shape index (κ1) is 8.52. The lowest BCUT2D eigenvalue weighted by atomic mass is 9.71. The highest BCUT2D eigenvalue weighted by atomic mass is 15.2. The van der Waals surface area contributed by atoms with E-state index in [0.717, 1.165) is 0 Å². The molecular weight excluding hydrogens is 148 g/mol. The zero-order valence-electron chi connectivity index (χ0n) is 8.48. The van der Waals surface area contributed by atoms with Crippen LogP contribution in [0.4, 0.5) is 0 Å². The summed E-state index contributed by atoms with van der Waals surface area (Å²) in [6.45, 7) is 13.3. The summed E-state index contributed by atoms with van der Waals surface area (Å²) in [5.41, 5.74) is 1.06. The van der Waals surface area contributed by atoms with Crippen LogP contribution in [0.2, 0.25) is 0 Å². The zero-order valence-corrected chi connectivity index (χ0v) is 8.48. The maximum atomic E-state index is 3.52. The Morgan fingerprint density at radius 3 is 2.08 bits per heavy atom. The summed E-state index contributed by atoms with van der Waals surface area (Å²) in [6.07, 6.45) is 0. The normalized spacial score (nSPS) is 48.2. The van der Waals surface area contributed by atoms with E-state index in [4.69, 9.17) is 0 Å². The summed E-state index contributed by atoms with van der Waals surface area (Å²) >= 11 is 0. The molecule has 2 rings (SSSR count). The molecule has 2 aliphatic heterocycles. The molecule has 0 amide bonds.